The van der Waals surface area contributed by atoms with Gasteiger partial charge in [-0.2, -0.15) is 10.5 Å². The van der Waals surface area contributed by atoms with Gasteiger partial charge in [-0.25, -0.2) is 0 Å². The summed E-state index contributed by atoms with van der Waals surface area (Å²) in [5, 5.41) is 27.2. The molecule has 0 atom stereocenters. The summed E-state index contributed by atoms with van der Waals surface area (Å²) in [5.74, 6) is 0. The van der Waals surface area contributed by atoms with Gasteiger partial charge in [0.25, 0.3) is 0 Å². The number of nitriles is 2. The number of hydrogen-bond donors (Lipinski definition) is 0. The lowest BCUT2D eigenvalue weighted by atomic mass is 9.99. The molecule has 0 radical (unpaired) electrons. The average molecular weight is 700 g/mol. The molecule has 0 spiro atoms. The minimum atomic E-state index is 0.593. The number of fused-ring (bicyclic) bond motifs is 9. The Labute approximate surface area is 316 Å². The lowest BCUT2D eigenvalue weighted by Crippen LogP contribution is -1.98. The van der Waals surface area contributed by atoms with Crippen LogP contribution in [0.5, 0.6) is 0 Å². The van der Waals surface area contributed by atoms with Crippen molar-refractivity contribution in [3.05, 3.63) is 187 Å². The lowest BCUT2D eigenvalue weighted by Gasteiger charge is -2.14. The van der Waals surface area contributed by atoms with E-state index in [1.807, 2.05) is 42.5 Å². The molecule has 0 unspecified atom stereocenters. The molecule has 0 N–H and O–H groups in total. The lowest BCUT2D eigenvalue weighted by molar-refractivity contribution is 1.17. The molecular formula is C50H29N5. The van der Waals surface area contributed by atoms with E-state index < -0.39 is 0 Å². The van der Waals surface area contributed by atoms with Gasteiger partial charge in [-0.15, -0.1) is 0 Å². The zero-order valence-electron chi connectivity index (χ0n) is 29.5. The smallest absolute Gasteiger partial charge is 0.0998 e. The summed E-state index contributed by atoms with van der Waals surface area (Å²) in [6.45, 7) is 0. The first-order chi connectivity index (χ1) is 27.2. The fourth-order valence-corrected chi connectivity index (χ4v) is 8.79. The van der Waals surface area contributed by atoms with Crippen LogP contribution in [0.4, 0.5) is 0 Å². The quantitative estimate of drug-likeness (QED) is 0.184. The maximum atomic E-state index is 10.4. The maximum Gasteiger partial charge on any atom is 0.0998 e. The van der Waals surface area contributed by atoms with Crippen molar-refractivity contribution in [1.29, 1.82) is 10.5 Å². The van der Waals surface area contributed by atoms with Gasteiger partial charge in [0.2, 0.25) is 0 Å². The normalized spacial score (nSPS) is 11.6. The highest BCUT2D eigenvalue weighted by Gasteiger charge is 2.20. The van der Waals surface area contributed by atoms with E-state index >= 15 is 0 Å². The molecular weight excluding hydrogens is 671 g/mol. The third kappa shape index (κ3) is 4.45. The second kappa shape index (κ2) is 11.8. The van der Waals surface area contributed by atoms with E-state index in [2.05, 4.69) is 159 Å². The Morgan fingerprint density at radius 3 is 1.58 bits per heavy atom. The van der Waals surface area contributed by atoms with E-state index in [1.54, 1.807) is 0 Å². The van der Waals surface area contributed by atoms with E-state index in [0.29, 0.717) is 11.1 Å². The van der Waals surface area contributed by atoms with Crippen molar-refractivity contribution in [2.24, 2.45) is 0 Å². The predicted molar refractivity (Wildman–Crippen MR) is 224 cm³/mol. The molecule has 0 amide bonds. The molecule has 5 heteroatoms. The molecule has 0 saturated heterocycles. The van der Waals surface area contributed by atoms with Crippen LogP contribution in [-0.4, -0.2) is 13.7 Å². The Balaban J connectivity index is 1.13. The summed E-state index contributed by atoms with van der Waals surface area (Å²) in [5.41, 5.74) is 12.6. The van der Waals surface area contributed by atoms with Crippen molar-refractivity contribution in [2.75, 3.05) is 0 Å². The van der Waals surface area contributed by atoms with Gasteiger partial charge in [0.15, 0.2) is 0 Å². The first-order valence-electron chi connectivity index (χ1n) is 18.3. The standard InChI is InChI=1S/C50H29N5/c51-30-32-23-26-40-39-15-1-5-17-43(39)54(49(40)27-32)36-25-24-34(31-52)42(29-36)33-11-9-12-35(28-33)53-46-20-8-4-16-41(46)50-47(53)21-10-22-48(50)55-44-18-6-2-13-37(44)38-14-3-7-19-45(38)55/h1-29H. The number of aromatic nitrogens is 3. The first-order valence-corrected chi connectivity index (χ1v) is 18.3. The van der Waals surface area contributed by atoms with Gasteiger partial charge in [0.05, 0.1) is 62.1 Å². The zero-order chi connectivity index (χ0) is 36.6. The van der Waals surface area contributed by atoms with Crippen molar-refractivity contribution < 1.29 is 0 Å². The first kappa shape index (κ1) is 30.7. The Hall–Kier alpha value is -7.86. The molecule has 0 fully saturated rings. The summed E-state index contributed by atoms with van der Waals surface area (Å²) in [4.78, 5) is 0. The molecule has 0 saturated carbocycles. The molecule has 55 heavy (non-hydrogen) atoms. The number of hydrogen-bond acceptors (Lipinski definition) is 2. The fraction of sp³-hybridized carbons (Fsp3) is 0. The molecule has 3 aromatic heterocycles. The Kier molecular flexibility index (Phi) is 6.61. The maximum absolute atomic E-state index is 10.4. The minimum absolute atomic E-state index is 0.593. The largest absolute Gasteiger partial charge is 0.309 e. The van der Waals surface area contributed by atoms with Gasteiger partial charge >= 0.3 is 0 Å². The van der Waals surface area contributed by atoms with Crippen molar-refractivity contribution in [1.82, 2.24) is 13.7 Å². The second-order valence-corrected chi connectivity index (χ2v) is 14.0. The van der Waals surface area contributed by atoms with E-state index in [-0.39, 0.29) is 0 Å². The summed E-state index contributed by atoms with van der Waals surface area (Å²) >= 11 is 0. The van der Waals surface area contributed by atoms with Crippen LogP contribution in [-0.2, 0) is 0 Å². The topological polar surface area (TPSA) is 62.4 Å². The minimum Gasteiger partial charge on any atom is -0.309 e. The van der Waals surface area contributed by atoms with Crippen molar-refractivity contribution in [2.45, 2.75) is 0 Å². The number of rotatable bonds is 4. The highest BCUT2D eigenvalue weighted by molar-refractivity contribution is 6.16. The van der Waals surface area contributed by atoms with Gasteiger partial charge in [0, 0.05) is 49.3 Å². The Bertz CT molecular complexity index is 3420. The summed E-state index contributed by atoms with van der Waals surface area (Å²) < 4.78 is 6.94. The average Bonchev–Trinajstić information content (AvgIpc) is 3.89. The SMILES string of the molecule is N#Cc1ccc2c3ccccc3n(-c3ccc(C#N)c(-c4cccc(-n5c6ccccc6c6c(-n7c8ccccc8c8ccccc87)cccc65)c4)c3)c2c1. The zero-order valence-corrected chi connectivity index (χ0v) is 29.5. The van der Waals surface area contributed by atoms with Crippen LogP contribution in [0.1, 0.15) is 11.1 Å². The summed E-state index contributed by atoms with van der Waals surface area (Å²) in [6.07, 6.45) is 0. The monoisotopic (exact) mass is 699 g/mol. The molecule has 11 aromatic rings. The molecule has 3 heterocycles. The molecule has 8 aromatic carbocycles. The fourth-order valence-electron chi connectivity index (χ4n) is 8.79. The highest BCUT2D eigenvalue weighted by atomic mass is 15.0. The Morgan fingerprint density at radius 1 is 0.364 bits per heavy atom. The second-order valence-electron chi connectivity index (χ2n) is 14.0. The highest BCUT2D eigenvalue weighted by Crippen LogP contribution is 2.41. The van der Waals surface area contributed by atoms with Gasteiger partial charge in [0.1, 0.15) is 0 Å². The van der Waals surface area contributed by atoms with E-state index in [1.165, 1.54) is 32.6 Å². The van der Waals surface area contributed by atoms with Crippen molar-refractivity contribution in [3.63, 3.8) is 0 Å². The van der Waals surface area contributed by atoms with Gasteiger partial charge in [-0.1, -0.05) is 97.1 Å². The van der Waals surface area contributed by atoms with Crippen LogP contribution in [0.3, 0.4) is 0 Å². The van der Waals surface area contributed by atoms with Crippen LogP contribution in [0.25, 0.3) is 93.6 Å². The van der Waals surface area contributed by atoms with E-state index in [9.17, 15) is 10.5 Å². The van der Waals surface area contributed by atoms with E-state index in [0.717, 1.165) is 61.0 Å². The third-order valence-electron chi connectivity index (χ3n) is 11.1. The molecule has 5 nitrogen and oxygen atoms in total. The Morgan fingerprint density at radius 2 is 0.909 bits per heavy atom. The summed E-state index contributed by atoms with van der Waals surface area (Å²) in [7, 11) is 0. The van der Waals surface area contributed by atoms with E-state index in [4.69, 9.17) is 0 Å². The van der Waals surface area contributed by atoms with Crippen LogP contribution in [0.15, 0.2) is 176 Å². The molecule has 0 aliphatic carbocycles. The van der Waals surface area contributed by atoms with Crippen LogP contribution >= 0.6 is 0 Å². The number of benzene rings is 8. The molecule has 0 aliphatic rings. The number of para-hydroxylation sites is 4. The van der Waals surface area contributed by atoms with Crippen LogP contribution in [0, 0.1) is 22.7 Å². The van der Waals surface area contributed by atoms with Crippen LogP contribution in [0.2, 0.25) is 0 Å². The predicted octanol–water partition coefficient (Wildman–Crippen LogP) is 12.4. The molecule has 11 rings (SSSR count). The summed E-state index contributed by atoms with van der Waals surface area (Å²) in [6, 6.07) is 65.9. The van der Waals surface area contributed by atoms with Crippen molar-refractivity contribution >= 4 is 65.4 Å². The third-order valence-corrected chi connectivity index (χ3v) is 11.1. The molecule has 0 bridgehead atoms. The van der Waals surface area contributed by atoms with Gasteiger partial charge < -0.3 is 13.7 Å². The van der Waals surface area contributed by atoms with Crippen molar-refractivity contribution in [3.8, 4) is 40.3 Å². The number of nitrogens with zero attached hydrogens (tertiary/aromatic N) is 5. The molecule has 254 valence electrons. The van der Waals surface area contributed by atoms with Gasteiger partial charge in [-0.3, -0.25) is 0 Å². The molecule has 0 aliphatic heterocycles. The van der Waals surface area contributed by atoms with Gasteiger partial charge in [-0.05, 0) is 84.4 Å². The van der Waals surface area contributed by atoms with Crippen LogP contribution < -0.4 is 0 Å².